The molecule has 1 saturated carbocycles. The summed E-state index contributed by atoms with van der Waals surface area (Å²) in [7, 11) is 0. The van der Waals surface area contributed by atoms with Crippen LogP contribution >= 0.6 is 0 Å². The minimum atomic E-state index is 0.195. The second-order valence-corrected chi connectivity index (χ2v) is 9.83. The van der Waals surface area contributed by atoms with Gasteiger partial charge in [-0.2, -0.15) is 5.26 Å². The molecule has 2 heterocycles. The Labute approximate surface area is 192 Å². The average Bonchev–Trinajstić information content (AvgIpc) is 3.36. The fourth-order valence-electron chi connectivity index (χ4n) is 6.38. The third-order valence-electron chi connectivity index (χ3n) is 8.00. The average molecular weight is 430 g/mol. The van der Waals surface area contributed by atoms with Gasteiger partial charge in [0.1, 0.15) is 5.75 Å². The molecule has 4 heteroatoms. The van der Waals surface area contributed by atoms with Crippen molar-refractivity contribution in [2.75, 3.05) is 32.8 Å². The predicted octanol–water partition coefficient (Wildman–Crippen LogP) is 4.88. The lowest BCUT2D eigenvalue weighted by molar-refractivity contribution is -0.0132. The molecule has 2 aromatic rings. The molecule has 168 valence electrons. The Kier molecular flexibility index (Phi) is 6.48. The van der Waals surface area contributed by atoms with E-state index in [2.05, 4.69) is 40.6 Å². The molecular weight excluding hydrogens is 394 g/mol. The number of nitriles is 1. The van der Waals surface area contributed by atoms with E-state index in [1.165, 1.54) is 51.6 Å². The van der Waals surface area contributed by atoms with E-state index in [0.717, 1.165) is 43.7 Å². The van der Waals surface area contributed by atoms with Gasteiger partial charge in [-0.25, -0.2) is 0 Å². The van der Waals surface area contributed by atoms with Gasteiger partial charge in [0.05, 0.1) is 23.8 Å². The van der Waals surface area contributed by atoms with Gasteiger partial charge in [-0.15, -0.1) is 0 Å². The van der Waals surface area contributed by atoms with Gasteiger partial charge in [0.2, 0.25) is 0 Å². The van der Waals surface area contributed by atoms with Crippen molar-refractivity contribution in [3.63, 3.8) is 0 Å². The third-order valence-corrected chi connectivity index (χ3v) is 8.00. The lowest BCUT2D eigenvalue weighted by Crippen LogP contribution is -2.66. The van der Waals surface area contributed by atoms with Crippen LogP contribution in [0, 0.1) is 23.2 Å². The molecule has 32 heavy (non-hydrogen) atoms. The van der Waals surface area contributed by atoms with Crippen molar-refractivity contribution in [1.82, 2.24) is 10.2 Å². The van der Waals surface area contributed by atoms with Gasteiger partial charge in [-0.1, -0.05) is 37.1 Å². The van der Waals surface area contributed by atoms with Crippen LogP contribution in [0.15, 0.2) is 48.5 Å². The zero-order chi connectivity index (χ0) is 21.8. The van der Waals surface area contributed by atoms with Crippen molar-refractivity contribution in [3.05, 3.63) is 65.2 Å². The molecule has 4 nitrogen and oxygen atoms in total. The molecule has 3 aliphatic rings. The minimum Gasteiger partial charge on any atom is -0.494 e. The molecule has 2 aliphatic heterocycles. The standard InChI is InChI=1S/C28H35N3O/c29-19-22-11-13-26(14-12-22)32-18-6-5-17-31-20-25(21-31)28(24-8-2-3-9-24)27-10-4-1-7-23(27)15-16-30-28/h1,4,7,10-14,24-25,30H,2-3,5-6,8-9,15-18,20-21H2. The van der Waals surface area contributed by atoms with E-state index in [1.54, 1.807) is 11.1 Å². The molecule has 2 fully saturated rings. The fourth-order valence-corrected chi connectivity index (χ4v) is 6.38. The van der Waals surface area contributed by atoms with Crippen LogP contribution in [0.3, 0.4) is 0 Å². The Balaban J connectivity index is 1.13. The van der Waals surface area contributed by atoms with Crippen LogP contribution in [0.4, 0.5) is 0 Å². The van der Waals surface area contributed by atoms with Crippen LogP contribution in [-0.4, -0.2) is 37.7 Å². The smallest absolute Gasteiger partial charge is 0.119 e. The number of hydrogen-bond acceptors (Lipinski definition) is 4. The van der Waals surface area contributed by atoms with Crippen molar-refractivity contribution in [3.8, 4) is 11.8 Å². The highest BCUT2D eigenvalue weighted by Gasteiger charge is 2.52. The van der Waals surface area contributed by atoms with Gasteiger partial charge in [0.25, 0.3) is 0 Å². The summed E-state index contributed by atoms with van der Waals surface area (Å²) in [5.74, 6) is 2.37. The highest BCUT2D eigenvalue weighted by molar-refractivity contribution is 5.39. The first-order chi connectivity index (χ1) is 15.8. The van der Waals surface area contributed by atoms with Gasteiger partial charge in [0, 0.05) is 25.6 Å². The molecule has 0 bridgehead atoms. The van der Waals surface area contributed by atoms with E-state index in [9.17, 15) is 0 Å². The third kappa shape index (κ3) is 4.17. The molecule has 1 saturated heterocycles. The zero-order valence-corrected chi connectivity index (χ0v) is 19.1. The van der Waals surface area contributed by atoms with Crippen molar-refractivity contribution >= 4 is 0 Å². The normalized spacial score (nSPS) is 24.0. The number of nitrogens with zero attached hydrogens (tertiary/aromatic N) is 2. The first kappa shape index (κ1) is 21.5. The van der Waals surface area contributed by atoms with Crippen LogP contribution in [0.2, 0.25) is 0 Å². The maximum absolute atomic E-state index is 8.88. The van der Waals surface area contributed by atoms with Crippen LogP contribution in [-0.2, 0) is 12.0 Å². The summed E-state index contributed by atoms with van der Waals surface area (Å²) in [6.07, 6.45) is 8.95. The van der Waals surface area contributed by atoms with E-state index in [-0.39, 0.29) is 5.54 Å². The summed E-state index contributed by atoms with van der Waals surface area (Å²) < 4.78 is 5.84. The number of rotatable bonds is 8. The number of unbranched alkanes of at least 4 members (excludes halogenated alkanes) is 1. The van der Waals surface area contributed by atoms with E-state index >= 15 is 0 Å². The minimum absolute atomic E-state index is 0.195. The van der Waals surface area contributed by atoms with E-state index < -0.39 is 0 Å². The largest absolute Gasteiger partial charge is 0.494 e. The van der Waals surface area contributed by atoms with Crippen LogP contribution < -0.4 is 10.1 Å². The second-order valence-electron chi connectivity index (χ2n) is 9.83. The van der Waals surface area contributed by atoms with E-state index in [1.807, 2.05) is 24.3 Å². The molecule has 1 unspecified atom stereocenters. The summed E-state index contributed by atoms with van der Waals surface area (Å²) in [6, 6.07) is 18.8. The van der Waals surface area contributed by atoms with Gasteiger partial charge in [-0.3, -0.25) is 0 Å². The Morgan fingerprint density at radius 3 is 2.56 bits per heavy atom. The molecule has 0 radical (unpaired) electrons. The van der Waals surface area contributed by atoms with Crippen molar-refractivity contribution in [2.24, 2.45) is 11.8 Å². The number of hydrogen-bond donors (Lipinski definition) is 1. The van der Waals surface area contributed by atoms with Crippen LogP contribution in [0.5, 0.6) is 5.75 Å². The lowest BCUT2D eigenvalue weighted by Gasteiger charge is -2.56. The van der Waals surface area contributed by atoms with Crippen LogP contribution in [0.25, 0.3) is 0 Å². The molecular formula is C28H35N3O. The predicted molar refractivity (Wildman–Crippen MR) is 128 cm³/mol. The lowest BCUT2D eigenvalue weighted by atomic mass is 9.63. The van der Waals surface area contributed by atoms with E-state index in [0.29, 0.717) is 5.56 Å². The monoisotopic (exact) mass is 429 g/mol. The summed E-state index contributed by atoms with van der Waals surface area (Å²) in [5.41, 5.74) is 4.06. The Bertz CT molecular complexity index is 938. The number of benzene rings is 2. The maximum Gasteiger partial charge on any atom is 0.119 e. The molecule has 2 aromatic carbocycles. The number of fused-ring (bicyclic) bond motifs is 1. The number of nitrogens with one attached hydrogen (secondary N) is 1. The van der Waals surface area contributed by atoms with Gasteiger partial charge >= 0.3 is 0 Å². The van der Waals surface area contributed by atoms with Gasteiger partial charge in [0.15, 0.2) is 0 Å². The summed E-state index contributed by atoms with van der Waals surface area (Å²) in [4.78, 5) is 2.64. The summed E-state index contributed by atoms with van der Waals surface area (Å²) in [5, 5.41) is 13.0. The topological polar surface area (TPSA) is 48.3 Å². The second kappa shape index (κ2) is 9.65. The zero-order valence-electron chi connectivity index (χ0n) is 19.1. The van der Waals surface area contributed by atoms with Crippen molar-refractivity contribution in [2.45, 2.75) is 50.5 Å². The van der Waals surface area contributed by atoms with Crippen LogP contribution in [0.1, 0.15) is 55.2 Å². The Hall–Kier alpha value is -2.35. The number of likely N-dealkylation sites (tertiary alicyclic amines) is 1. The molecule has 0 aromatic heterocycles. The molecule has 1 atom stereocenters. The highest BCUT2D eigenvalue weighted by atomic mass is 16.5. The van der Waals surface area contributed by atoms with Crippen molar-refractivity contribution < 1.29 is 4.74 Å². The molecule has 1 N–H and O–H groups in total. The van der Waals surface area contributed by atoms with Gasteiger partial charge < -0.3 is 15.0 Å². The Morgan fingerprint density at radius 1 is 1.00 bits per heavy atom. The van der Waals surface area contributed by atoms with E-state index in [4.69, 9.17) is 10.00 Å². The number of ether oxygens (including phenoxy) is 1. The van der Waals surface area contributed by atoms with Crippen molar-refractivity contribution in [1.29, 1.82) is 5.26 Å². The molecule has 1 aliphatic carbocycles. The SMILES string of the molecule is N#Cc1ccc(OCCCCN2CC(C3(C4CCCC4)NCCc4ccccc43)C2)cc1. The first-order valence-electron chi connectivity index (χ1n) is 12.5. The first-order valence-corrected chi connectivity index (χ1v) is 12.5. The summed E-state index contributed by atoms with van der Waals surface area (Å²) in [6.45, 7) is 5.46. The quantitative estimate of drug-likeness (QED) is 0.608. The maximum atomic E-state index is 8.88. The molecule has 0 spiro atoms. The summed E-state index contributed by atoms with van der Waals surface area (Å²) >= 11 is 0. The van der Waals surface area contributed by atoms with Gasteiger partial charge in [-0.05, 0) is 80.0 Å². The molecule has 0 amide bonds. The highest BCUT2D eigenvalue weighted by Crippen LogP contribution is 2.50. The fraction of sp³-hybridized carbons (Fsp3) is 0.536. The molecule has 5 rings (SSSR count). The Morgan fingerprint density at radius 2 is 1.78 bits per heavy atom.